The van der Waals surface area contributed by atoms with Gasteiger partial charge in [-0.25, -0.2) is 4.79 Å². The van der Waals surface area contributed by atoms with Crippen molar-refractivity contribution in [3.05, 3.63) is 0 Å². The Hall–Kier alpha value is -1.30. The van der Waals surface area contributed by atoms with E-state index in [1.165, 1.54) is 0 Å². The van der Waals surface area contributed by atoms with E-state index in [9.17, 15) is 9.59 Å². The summed E-state index contributed by atoms with van der Waals surface area (Å²) in [5, 5.41) is 8.56. The lowest BCUT2D eigenvalue weighted by atomic mass is 10.1. The van der Waals surface area contributed by atoms with Crippen LogP contribution in [0.1, 0.15) is 32.1 Å². The molecule has 110 valence electrons. The SMILES string of the molecule is CN(CCCC(=O)O)C(=O)N(C)CC1CCCCO1. The Bertz CT molecular complexity index is 303. The van der Waals surface area contributed by atoms with Crippen LogP contribution in [0.4, 0.5) is 4.79 Å². The van der Waals surface area contributed by atoms with Gasteiger partial charge in [-0.2, -0.15) is 0 Å². The minimum Gasteiger partial charge on any atom is -0.481 e. The fraction of sp³-hybridized carbons (Fsp3) is 0.846. The number of hydrogen-bond acceptors (Lipinski definition) is 3. The van der Waals surface area contributed by atoms with E-state index in [2.05, 4.69) is 0 Å². The maximum absolute atomic E-state index is 12.0. The lowest BCUT2D eigenvalue weighted by Crippen LogP contribution is -2.43. The number of nitrogens with zero attached hydrogens (tertiary/aromatic N) is 2. The smallest absolute Gasteiger partial charge is 0.319 e. The molecule has 0 aromatic carbocycles. The van der Waals surface area contributed by atoms with Gasteiger partial charge in [-0.05, 0) is 25.7 Å². The number of likely N-dealkylation sites (N-methyl/N-ethyl adjacent to an activating group) is 1. The van der Waals surface area contributed by atoms with Gasteiger partial charge >= 0.3 is 12.0 Å². The summed E-state index contributed by atoms with van der Waals surface area (Å²) < 4.78 is 5.60. The van der Waals surface area contributed by atoms with Gasteiger partial charge in [-0.3, -0.25) is 4.79 Å². The Balaban J connectivity index is 2.27. The number of hydrogen-bond donors (Lipinski definition) is 1. The van der Waals surface area contributed by atoms with Gasteiger partial charge in [0.25, 0.3) is 0 Å². The van der Waals surface area contributed by atoms with Gasteiger partial charge in [0, 0.05) is 40.2 Å². The zero-order valence-electron chi connectivity index (χ0n) is 11.8. The maximum Gasteiger partial charge on any atom is 0.319 e. The maximum atomic E-state index is 12.0. The van der Waals surface area contributed by atoms with Crippen molar-refractivity contribution in [1.29, 1.82) is 0 Å². The molecular formula is C13H24N2O4. The normalized spacial score (nSPS) is 18.9. The van der Waals surface area contributed by atoms with Crippen LogP contribution in [-0.4, -0.2) is 66.8 Å². The minimum absolute atomic E-state index is 0.0837. The van der Waals surface area contributed by atoms with Crippen molar-refractivity contribution in [3.8, 4) is 0 Å². The number of carbonyl (C=O) groups is 2. The monoisotopic (exact) mass is 272 g/mol. The highest BCUT2D eigenvalue weighted by Gasteiger charge is 2.20. The van der Waals surface area contributed by atoms with E-state index in [0.717, 1.165) is 25.9 Å². The summed E-state index contributed by atoms with van der Waals surface area (Å²) in [6, 6.07) is -0.0837. The van der Waals surface area contributed by atoms with Crippen LogP contribution in [0.5, 0.6) is 0 Å². The van der Waals surface area contributed by atoms with Crippen LogP contribution in [0.25, 0.3) is 0 Å². The fourth-order valence-electron chi connectivity index (χ4n) is 2.19. The molecular weight excluding hydrogens is 248 g/mol. The number of ether oxygens (including phenoxy) is 1. The van der Waals surface area contributed by atoms with E-state index in [-0.39, 0.29) is 18.6 Å². The Morgan fingerprint density at radius 3 is 2.58 bits per heavy atom. The number of carbonyl (C=O) groups excluding carboxylic acids is 1. The number of amides is 2. The summed E-state index contributed by atoms with van der Waals surface area (Å²) in [5.41, 5.74) is 0. The van der Waals surface area contributed by atoms with Gasteiger partial charge in [0.1, 0.15) is 0 Å². The lowest BCUT2D eigenvalue weighted by molar-refractivity contribution is -0.137. The Kier molecular flexibility index (Phi) is 6.62. The van der Waals surface area contributed by atoms with Gasteiger partial charge in [-0.15, -0.1) is 0 Å². The number of urea groups is 1. The summed E-state index contributed by atoms with van der Waals surface area (Å²) in [4.78, 5) is 25.7. The van der Waals surface area contributed by atoms with Crippen molar-refractivity contribution in [2.75, 3.05) is 33.8 Å². The molecule has 1 fully saturated rings. The van der Waals surface area contributed by atoms with E-state index in [1.807, 2.05) is 0 Å². The van der Waals surface area contributed by atoms with Crippen molar-refractivity contribution < 1.29 is 19.4 Å². The molecule has 1 aliphatic heterocycles. The molecule has 19 heavy (non-hydrogen) atoms. The standard InChI is InChI=1S/C13H24N2O4/c1-14(8-5-7-12(16)17)13(18)15(2)10-11-6-3-4-9-19-11/h11H,3-10H2,1-2H3,(H,16,17). The van der Waals surface area contributed by atoms with Crippen LogP contribution in [0, 0.1) is 0 Å². The van der Waals surface area contributed by atoms with Crippen LogP contribution in [0.3, 0.4) is 0 Å². The summed E-state index contributed by atoms with van der Waals surface area (Å²) in [7, 11) is 3.45. The van der Waals surface area contributed by atoms with Gasteiger partial charge in [0.05, 0.1) is 6.10 Å². The summed E-state index contributed by atoms with van der Waals surface area (Å²) >= 11 is 0. The Labute approximate surface area is 114 Å². The molecule has 6 heteroatoms. The van der Waals surface area contributed by atoms with Gasteiger partial charge in [0.2, 0.25) is 0 Å². The third kappa shape index (κ3) is 5.92. The van der Waals surface area contributed by atoms with E-state index < -0.39 is 5.97 Å². The molecule has 0 radical (unpaired) electrons. The molecule has 1 heterocycles. The quantitative estimate of drug-likeness (QED) is 0.793. The van der Waals surface area contributed by atoms with Crippen LogP contribution < -0.4 is 0 Å². The minimum atomic E-state index is -0.829. The van der Waals surface area contributed by atoms with Crippen molar-refractivity contribution in [3.63, 3.8) is 0 Å². The number of rotatable bonds is 6. The summed E-state index contributed by atoms with van der Waals surface area (Å²) in [6.07, 6.45) is 3.96. The number of aliphatic carboxylic acids is 1. The molecule has 1 unspecified atom stereocenters. The molecule has 0 spiro atoms. The third-order valence-corrected chi connectivity index (χ3v) is 3.29. The van der Waals surface area contributed by atoms with E-state index in [0.29, 0.717) is 19.5 Å². The molecule has 0 saturated carbocycles. The molecule has 1 aliphatic rings. The molecule has 0 aromatic rings. The average molecular weight is 272 g/mol. The second kappa shape index (κ2) is 7.99. The fourth-order valence-corrected chi connectivity index (χ4v) is 2.19. The van der Waals surface area contributed by atoms with Crippen LogP contribution in [0.15, 0.2) is 0 Å². The predicted molar refractivity (Wildman–Crippen MR) is 71.1 cm³/mol. The first-order valence-electron chi connectivity index (χ1n) is 6.80. The van der Waals surface area contributed by atoms with Gasteiger partial charge in [0.15, 0.2) is 0 Å². The molecule has 1 rings (SSSR count). The topological polar surface area (TPSA) is 70.1 Å². The highest BCUT2D eigenvalue weighted by Crippen LogP contribution is 2.13. The first-order valence-corrected chi connectivity index (χ1v) is 6.80. The number of carboxylic acid groups (broad SMARTS) is 1. The van der Waals surface area contributed by atoms with E-state index in [1.54, 1.807) is 23.9 Å². The van der Waals surface area contributed by atoms with E-state index in [4.69, 9.17) is 9.84 Å². The van der Waals surface area contributed by atoms with Gasteiger partial charge in [-0.1, -0.05) is 0 Å². The molecule has 0 bridgehead atoms. The highest BCUT2D eigenvalue weighted by molar-refractivity contribution is 5.74. The number of carboxylic acids is 1. The van der Waals surface area contributed by atoms with E-state index >= 15 is 0 Å². The average Bonchev–Trinajstić information content (AvgIpc) is 2.38. The first-order chi connectivity index (χ1) is 9.00. The molecule has 0 aromatic heterocycles. The zero-order chi connectivity index (χ0) is 14.3. The van der Waals surface area contributed by atoms with Crippen LogP contribution in [-0.2, 0) is 9.53 Å². The largest absolute Gasteiger partial charge is 0.481 e. The lowest BCUT2D eigenvalue weighted by Gasteiger charge is -2.30. The van der Waals surface area contributed by atoms with Crippen molar-refractivity contribution in [1.82, 2.24) is 9.80 Å². The molecule has 6 nitrogen and oxygen atoms in total. The van der Waals surface area contributed by atoms with Crippen molar-refractivity contribution >= 4 is 12.0 Å². The van der Waals surface area contributed by atoms with Gasteiger partial charge < -0.3 is 19.6 Å². The van der Waals surface area contributed by atoms with Crippen molar-refractivity contribution in [2.24, 2.45) is 0 Å². The molecule has 0 aliphatic carbocycles. The Morgan fingerprint density at radius 1 is 1.26 bits per heavy atom. The highest BCUT2D eigenvalue weighted by atomic mass is 16.5. The first kappa shape index (κ1) is 15.8. The van der Waals surface area contributed by atoms with Crippen LogP contribution in [0.2, 0.25) is 0 Å². The van der Waals surface area contributed by atoms with Crippen molar-refractivity contribution in [2.45, 2.75) is 38.2 Å². The second-order valence-corrected chi connectivity index (χ2v) is 5.07. The Morgan fingerprint density at radius 2 is 2.00 bits per heavy atom. The molecule has 2 amide bonds. The second-order valence-electron chi connectivity index (χ2n) is 5.07. The molecule has 1 atom stereocenters. The molecule has 1 saturated heterocycles. The summed E-state index contributed by atoms with van der Waals surface area (Å²) in [5.74, 6) is -0.829. The van der Waals surface area contributed by atoms with Crippen LogP contribution >= 0.6 is 0 Å². The third-order valence-electron chi connectivity index (χ3n) is 3.29. The predicted octanol–water partition coefficient (Wildman–Crippen LogP) is 1.40. The molecule has 1 N–H and O–H groups in total. The zero-order valence-corrected chi connectivity index (χ0v) is 11.8. The summed E-state index contributed by atoms with van der Waals surface area (Å²) in [6.45, 7) is 1.84.